The Morgan fingerprint density at radius 1 is 1.43 bits per heavy atom. The van der Waals surface area contributed by atoms with Gasteiger partial charge in [-0.15, -0.1) is 5.53 Å². The maximum Gasteiger partial charge on any atom is 0.158 e. The highest BCUT2D eigenvalue weighted by molar-refractivity contribution is 9.10. The van der Waals surface area contributed by atoms with Crippen molar-refractivity contribution in [3.63, 3.8) is 0 Å². The van der Waals surface area contributed by atoms with E-state index in [0.29, 0.717) is 6.61 Å². The van der Waals surface area contributed by atoms with Crippen LogP contribution in [-0.2, 0) is 15.9 Å². The lowest BCUT2D eigenvalue weighted by molar-refractivity contribution is -0.159. The first-order valence-electron chi connectivity index (χ1n) is 8.06. The molecule has 0 spiro atoms. The summed E-state index contributed by atoms with van der Waals surface area (Å²) in [7, 11) is 1.96. The molecule has 1 aromatic rings. The molecule has 0 bridgehead atoms. The Bertz CT molecular complexity index is 587. The molecule has 0 saturated carbocycles. The van der Waals surface area contributed by atoms with Gasteiger partial charge in [0.2, 0.25) is 0 Å². The Morgan fingerprint density at radius 2 is 2.30 bits per heavy atom. The van der Waals surface area contributed by atoms with Gasteiger partial charge in [-0.05, 0) is 53.7 Å². The Balaban J connectivity index is 1.78. The van der Waals surface area contributed by atoms with Crippen LogP contribution in [0, 0.1) is 0 Å². The van der Waals surface area contributed by atoms with Crippen molar-refractivity contribution < 1.29 is 9.47 Å². The van der Waals surface area contributed by atoms with Crippen LogP contribution < -0.4 is 11.0 Å². The van der Waals surface area contributed by atoms with Crippen LogP contribution in [-0.4, -0.2) is 36.5 Å². The summed E-state index contributed by atoms with van der Waals surface area (Å²) in [5.41, 5.74) is 10.2. The van der Waals surface area contributed by atoms with Gasteiger partial charge < -0.3 is 9.47 Å². The van der Waals surface area contributed by atoms with Crippen molar-refractivity contribution in [2.75, 3.05) is 20.3 Å². The first-order chi connectivity index (χ1) is 11.2. The minimum absolute atomic E-state index is 0.101. The second kappa shape index (κ2) is 7.61. The van der Waals surface area contributed by atoms with E-state index in [9.17, 15) is 0 Å². The van der Waals surface area contributed by atoms with Gasteiger partial charge in [0, 0.05) is 18.1 Å². The summed E-state index contributed by atoms with van der Waals surface area (Å²) >= 11 is 3.54. The number of likely N-dealkylation sites (N-methyl/N-ethyl adjacent to an activating group) is 1. The summed E-state index contributed by atoms with van der Waals surface area (Å²) in [4.78, 5) is 4.73. The maximum atomic E-state index is 5.93. The molecule has 3 heterocycles. The summed E-state index contributed by atoms with van der Waals surface area (Å²) < 4.78 is 12.6. The lowest BCUT2D eigenvalue weighted by Gasteiger charge is -2.24. The second-order valence-electron chi connectivity index (χ2n) is 5.70. The molecule has 23 heavy (non-hydrogen) atoms. The number of hydrogen-bond donors (Lipinski definition) is 2. The number of aryl methyl sites for hydroxylation is 1. The molecule has 1 fully saturated rings. The molecule has 7 heteroatoms. The zero-order valence-electron chi connectivity index (χ0n) is 13.6. The Hall–Kier alpha value is -1.15. The third-order valence-corrected chi connectivity index (χ3v) is 4.82. The Morgan fingerprint density at radius 3 is 3.04 bits per heavy atom. The standard InChI is InChI=1S/C16H23BrN4O2/c1-3-12-11(17)7-8-13(18-12)16-14(21(2)20-19-16)10-23-15-6-4-5-9-22-15/h7-8,15,19-20H,3-6,9-10H2,1-2H3. The highest BCUT2D eigenvalue weighted by atomic mass is 79.9. The van der Waals surface area contributed by atoms with Crippen LogP contribution in [0.25, 0.3) is 5.70 Å². The number of hydrazine groups is 2. The summed E-state index contributed by atoms with van der Waals surface area (Å²) in [5, 5.41) is 1.92. The normalized spacial score (nSPS) is 21.7. The number of rotatable bonds is 5. The van der Waals surface area contributed by atoms with Gasteiger partial charge in [-0.1, -0.05) is 6.92 Å². The van der Waals surface area contributed by atoms with Crippen molar-refractivity contribution in [2.45, 2.75) is 38.9 Å². The van der Waals surface area contributed by atoms with Crippen molar-refractivity contribution in [2.24, 2.45) is 0 Å². The van der Waals surface area contributed by atoms with Gasteiger partial charge in [0.05, 0.1) is 29.4 Å². The van der Waals surface area contributed by atoms with Gasteiger partial charge in [0.25, 0.3) is 0 Å². The van der Waals surface area contributed by atoms with Gasteiger partial charge in [0.1, 0.15) is 0 Å². The molecule has 0 radical (unpaired) electrons. The molecule has 0 aromatic carbocycles. The van der Waals surface area contributed by atoms with Crippen molar-refractivity contribution in [3.8, 4) is 0 Å². The lowest BCUT2D eigenvalue weighted by Crippen LogP contribution is -2.35. The molecule has 6 nitrogen and oxygen atoms in total. The largest absolute Gasteiger partial charge is 0.353 e. The second-order valence-corrected chi connectivity index (χ2v) is 6.56. The fourth-order valence-electron chi connectivity index (χ4n) is 2.71. The van der Waals surface area contributed by atoms with Gasteiger partial charge in [-0.3, -0.25) is 10.4 Å². The average molecular weight is 383 g/mol. The molecule has 1 aromatic heterocycles. The first kappa shape index (κ1) is 16.7. The molecule has 2 aliphatic rings. The van der Waals surface area contributed by atoms with E-state index < -0.39 is 0 Å². The van der Waals surface area contributed by atoms with Crippen LogP contribution in [0.4, 0.5) is 0 Å². The SMILES string of the molecule is CCc1nc(C2=C(COC3CCCCO3)N(C)NN2)ccc1Br. The smallest absolute Gasteiger partial charge is 0.158 e. The molecule has 1 atom stereocenters. The number of nitrogens with zero attached hydrogens (tertiary/aromatic N) is 2. The first-order valence-corrected chi connectivity index (χ1v) is 8.86. The molecule has 2 aliphatic heterocycles. The molecule has 0 aliphatic carbocycles. The molecule has 1 unspecified atom stereocenters. The minimum atomic E-state index is -0.101. The molecule has 1 saturated heterocycles. The molecule has 126 valence electrons. The molecule has 3 rings (SSSR count). The highest BCUT2D eigenvalue weighted by Crippen LogP contribution is 2.24. The number of nitrogens with one attached hydrogen (secondary N) is 2. The van der Waals surface area contributed by atoms with Crippen molar-refractivity contribution >= 4 is 21.6 Å². The highest BCUT2D eigenvalue weighted by Gasteiger charge is 2.24. The summed E-state index contributed by atoms with van der Waals surface area (Å²) in [6.07, 6.45) is 4.03. The van der Waals surface area contributed by atoms with E-state index in [1.807, 2.05) is 24.2 Å². The quantitative estimate of drug-likeness (QED) is 0.815. The zero-order chi connectivity index (χ0) is 16.2. The van der Waals surface area contributed by atoms with Crippen LogP contribution in [0.5, 0.6) is 0 Å². The predicted molar refractivity (Wildman–Crippen MR) is 91.8 cm³/mol. The summed E-state index contributed by atoms with van der Waals surface area (Å²) in [5.74, 6) is 0. The molecule has 0 amide bonds. The Kier molecular flexibility index (Phi) is 5.53. The number of pyridine rings is 1. The van der Waals surface area contributed by atoms with E-state index in [1.54, 1.807) is 0 Å². The zero-order valence-corrected chi connectivity index (χ0v) is 15.1. The fraction of sp³-hybridized carbons (Fsp3) is 0.562. The maximum absolute atomic E-state index is 5.93. The van der Waals surface area contributed by atoms with Crippen molar-refractivity contribution in [1.82, 2.24) is 21.0 Å². The third kappa shape index (κ3) is 3.85. The number of aromatic nitrogens is 1. The topological polar surface area (TPSA) is 58.7 Å². The number of hydrogen-bond acceptors (Lipinski definition) is 6. The van der Waals surface area contributed by atoms with Gasteiger partial charge in [-0.2, -0.15) is 0 Å². The van der Waals surface area contributed by atoms with E-state index >= 15 is 0 Å². The fourth-order valence-corrected chi connectivity index (χ4v) is 3.22. The number of ether oxygens (including phenoxy) is 2. The van der Waals surface area contributed by atoms with Crippen LogP contribution >= 0.6 is 15.9 Å². The number of halogens is 1. The van der Waals surface area contributed by atoms with E-state index in [0.717, 1.165) is 59.5 Å². The molecule has 2 N–H and O–H groups in total. The summed E-state index contributed by atoms with van der Waals surface area (Å²) in [6, 6.07) is 4.04. The van der Waals surface area contributed by atoms with Crippen LogP contribution in [0.1, 0.15) is 37.6 Å². The molecular weight excluding hydrogens is 360 g/mol. The average Bonchev–Trinajstić information content (AvgIpc) is 2.95. The van der Waals surface area contributed by atoms with Crippen molar-refractivity contribution in [1.29, 1.82) is 0 Å². The third-order valence-electron chi connectivity index (χ3n) is 4.10. The van der Waals surface area contributed by atoms with Crippen LogP contribution in [0.15, 0.2) is 22.3 Å². The van der Waals surface area contributed by atoms with Crippen LogP contribution in [0.2, 0.25) is 0 Å². The van der Waals surface area contributed by atoms with E-state index in [-0.39, 0.29) is 6.29 Å². The Labute approximate surface area is 145 Å². The summed E-state index contributed by atoms with van der Waals surface area (Å²) in [6.45, 7) is 3.37. The lowest BCUT2D eigenvalue weighted by atomic mass is 10.2. The van der Waals surface area contributed by atoms with E-state index in [2.05, 4.69) is 33.8 Å². The van der Waals surface area contributed by atoms with E-state index in [4.69, 9.17) is 14.5 Å². The molecular formula is C16H23BrN4O2. The van der Waals surface area contributed by atoms with Gasteiger partial charge >= 0.3 is 0 Å². The van der Waals surface area contributed by atoms with E-state index in [1.165, 1.54) is 0 Å². The predicted octanol–water partition coefficient (Wildman–Crippen LogP) is 2.57. The van der Waals surface area contributed by atoms with Gasteiger partial charge in [-0.25, -0.2) is 4.98 Å². The van der Waals surface area contributed by atoms with Gasteiger partial charge in [0.15, 0.2) is 6.29 Å². The monoisotopic (exact) mass is 382 g/mol. The van der Waals surface area contributed by atoms with Crippen LogP contribution in [0.3, 0.4) is 0 Å². The minimum Gasteiger partial charge on any atom is -0.353 e. The van der Waals surface area contributed by atoms with Crippen molar-refractivity contribution in [3.05, 3.63) is 33.7 Å².